The van der Waals surface area contributed by atoms with Crippen molar-refractivity contribution in [3.05, 3.63) is 57.9 Å². The van der Waals surface area contributed by atoms with E-state index >= 15 is 0 Å². The number of ether oxygens (including phenoxy) is 3. The van der Waals surface area contributed by atoms with Crippen molar-refractivity contribution in [2.45, 2.75) is 71.8 Å². The summed E-state index contributed by atoms with van der Waals surface area (Å²) in [6.45, 7) is 8.97. The smallest absolute Gasteiger partial charge is 0.341 e. The molecule has 1 unspecified atom stereocenters. The van der Waals surface area contributed by atoms with E-state index in [4.69, 9.17) is 24.7 Å². The predicted octanol–water partition coefficient (Wildman–Crippen LogP) is 4.22. The highest BCUT2D eigenvalue weighted by atomic mass is 16.7. The maximum atomic E-state index is 13.2. The van der Waals surface area contributed by atoms with Crippen molar-refractivity contribution in [1.82, 2.24) is 9.88 Å². The molecule has 37 heavy (non-hydrogen) atoms. The van der Waals surface area contributed by atoms with E-state index in [1.54, 1.807) is 23.1 Å². The molecule has 0 bridgehead atoms. The SMILES string of the molecule is Cc1nc2c(cc1COC1CCCCO1)CN(CC(=O)c1ccc(OCC(=O)O)c(C(C)(C)C)c1)C2=N. The van der Waals surface area contributed by atoms with Crippen LogP contribution in [0.25, 0.3) is 0 Å². The number of fused-ring (bicyclic) bond motifs is 1. The van der Waals surface area contributed by atoms with Gasteiger partial charge in [0.2, 0.25) is 0 Å². The number of pyridine rings is 1. The quantitative estimate of drug-likeness (QED) is 0.482. The third-order valence-corrected chi connectivity index (χ3v) is 6.66. The van der Waals surface area contributed by atoms with E-state index in [2.05, 4.69) is 4.98 Å². The number of nitrogens with zero attached hydrogens (tertiary/aromatic N) is 2. The molecule has 2 N–H and O–H groups in total. The number of aryl methyl sites for hydroxylation is 1. The lowest BCUT2D eigenvalue weighted by atomic mass is 9.85. The van der Waals surface area contributed by atoms with Crippen LogP contribution < -0.4 is 4.74 Å². The lowest BCUT2D eigenvalue weighted by molar-refractivity contribution is -0.169. The van der Waals surface area contributed by atoms with Gasteiger partial charge in [-0.25, -0.2) is 9.78 Å². The van der Waals surface area contributed by atoms with Gasteiger partial charge in [0.25, 0.3) is 0 Å². The number of aliphatic carboxylic acids is 1. The molecule has 0 saturated carbocycles. The minimum atomic E-state index is -1.06. The molecule has 1 atom stereocenters. The third-order valence-electron chi connectivity index (χ3n) is 6.66. The number of carboxylic acid groups (broad SMARTS) is 1. The maximum absolute atomic E-state index is 13.2. The fourth-order valence-electron chi connectivity index (χ4n) is 4.58. The molecule has 9 heteroatoms. The molecule has 198 valence electrons. The Labute approximate surface area is 217 Å². The summed E-state index contributed by atoms with van der Waals surface area (Å²) >= 11 is 0. The first-order valence-electron chi connectivity index (χ1n) is 12.6. The molecule has 2 aliphatic rings. The van der Waals surface area contributed by atoms with E-state index in [9.17, 15) is 9.59 Å². The van der Waals surface area contributed by atoms with Crippen molar-refractivity contribution in [3.63, 3.8) is 0 Å². The number of nitrogens with one attached hydrogen (secondary N) is 1. The van der Waals surface area contributed by atoms with Gasteiger partial charge in [-0.1, -0.05) is 20.8 Å². The molecular weight excluding hydrogens is 474 g/mol. The molecule has 0 aliphatic carbocycles. The zero-order chi connectivity index (χ0) is 26.7. The van der Waals surface area contributed by atoms with Crippen LogP contribution in [0.5, 0.6) is 5.75 Å². The first-order valence-corrected chi connectivity index (χ1v) is 12.6. The van der Waals surface area contributed by atoms with E-state index in [0.29, 0.717) is 30.2 Å². The number of Topliss-reactive ketones (excluding diaryl/α,β-unsaturated/α-hetero) is 1. The molecule has 0 radical (unpaired) electrons. The summed E-state index contributed by atoms with van der Waals surface area (Å²) in [7, 11) is 0. The Morgan fingerprint density at radius 2 is 2.03 bits per heavy atom. The second-order valence-corrected chi connectivity index (χ2v) is 10.6. The molecule has 0 spiro atoms. The highest BCUT2D eigenvalue weighted by Gasteiger charge is 2.29. The summed E-state index contributed by atoms with van der Waals surface area (Å²) in [5.41, 5.74) is 4.14. The van der Waals surface area contributed by atoms with Crippen molar-refractivity contribution in [2.24, 2.45) is 0 Å². The van der Waals surface area contributed by atoms with Gasteiger partial charge < -0.3 is 24.2 Å². The van der Waals surface area contributed by atoms with Crippen molar-refractivity contribution in [3.8, 4) is 5.75 Å². The monoisotopic (exact) mass is 509 g/mol. The van der Waals surface area contributed by atoms with Gasteiger partial charge in [0.15, 0.2) is 18.7 Å². The van der Waals surface area contributed by atoms with E-state index in [1.807, 2.05) is 33.8 Å². The van der Waals surface area contributed by atoms with Gasteiger partial charge in [-0.05, 0) is 61.4 Å². The van der Waals surface area contributed by atoms with Gasteiger partial charge in [-0.15, -0.1) is 0 Å². The lowest BCUT2D eigenvalue weighted by Crippen LogP contribution is -2.30. The normalized spacial score (nSPS) is 17.6. The Morgan fingerprint density at radius 3 is 2.70 bits per heavy atom. The lowest BCUT2D eigenvalue weighted by Gasteiger charge is -2.24. The van der Waals surface area contributed by atoms with Gasteiger partial charge in [0, 0.05) is 35.5 Å². The van der Waals surface area contributed by atoms with E-state index in [0.717, 1.165) is 48.3 Å². The van der Waals surface area contributed by atoms with Gasteiger partial charge in [0.05, 0.1) is 13.2 Å². The Kier molecular flexibility index (Phi) is 7.94. The summed E-state index contributed by atoms with van der Waals surface area (Å²) in [6, 6.07) is 7.07. The van der Waals surface area contributed by atoms with Crippen molar-refractivity contribution >= 4 is 17.6 Å². The summed E-state index contributed by atoms with van der Waals surface area (Å²) in [6.07, 6.45) is 2.87. The van der Waals surface area contributed by atoms with E-state index in [1.165, 1.54) is 0 Å². The molecular formula is C28H35N3O6. The molecule has 2 aliphatic heterocycles. The second-order valence-electron chi connectivity index (χ2n) is 10.6. The molecule has 0 amide bonds. The fraction of sp³-hybridized carbons (Fsp3) is 0.500. The average Bonchev–Trinajstić information content (AvgIpc) is 3.15. The second kappa shape index (κ2) is 11.0. The number of carbonyl (C=O) groups excluding carboxylic acids is 1. The molecule has 9 nitrogen and oxygen atoms in total. The molecule has 3 heterocycles. The Bertz CT molecular complexity index is 1200. The van der Waals surface area contributed by atoms with Gasteiger partial charge in [-0.2, -0.15) is 0 Å². The molecule has 1 saturated heterocycles. The molecule has 1 fully saturated rings. The van der Waals surface area contributed by atoms with Crippen LogP contribution >= 0.6 is 0 Å². The molecule has 2 aromatic rings. The minimum Gasteiger partial charge on any atom is -0.482 e. The highest BCUT2D eigenvalue weighted by Crippen LogP contribution is 2.33. The van der Waals surface area contributed by atoms with Crippen molar-refractivity contribution < 1.29 is 28.9 Å². The Balaban J connectivity index is 1.46. The van der Waals surface area contributed by atoms with Crippen LogP contribution in [0.15, 0.2) is 24.3 Å². The number of ketones is 1. The Morgan fingerprint density at radius 1 is 1.24 bits per heavy atom. The maximum Gasteiger partial charge on any atom is 0.341 e. The van der Waals surface area contributed by atoms with Crippen LogP contribution in [0.4, 0.5) is 0 Å². The molecule has 1 aromatic heterocycles. The number of carbonyl (C=O) groups is 2. The molecule has 4 rings (SSSR count). The van der Waals surface area contributed by atoms with Gasteiger partial charge in [-0.3, -0.25) is 10.2 Å². The predicted molar refractivity (Wildman–Crippen MR) is 137 cm³/mol. The van der Waals surface area contributed by atoms with Gasteiger partial charge >= 0.3 is 5.97 Å². The number of hydrogen-bond donors (Lipinski definition) is 2. The summed E-state index contributed by atoms with van der Waals surface area (Å²) in [5.74, 6) is -0.525. The largest absolute Gasteiger partial charge is 0.482 e. The fourth-order valence-corrected chi connectivity index (χ4v) is 4.58. The zero-order valence-electron chi connectivity index (χ0n) is 21.9. The highest BCUT2D eigenvalue weighted by molar-refractivity contribution is 6.04. The summed E-state index contributed by atoms with van der Waals surface area (Å²) in [5, 5.41) is 17.6. The van der Waals surface area contributed by atoms with Crippen LogP contribution in [-0.4, -0.2) is 58.6 Å². The Hall–Kier alpha value is -3.30. The average molecular weight is 510 g/mol. The number of hydrogen-bond acceptors (Lipinski definition) is 7. The van der Waals surface area contributed by atoms with E-state index in [-0.39, 0.29) is 29.9 Å². The first kappa shape index (κ1) is 26.8. The third kappa shape index (κ3) is 6.34. The standard InChI is InChI=1S/C28H35N3O6/c1-17-20(15-37-25-7-5-6-10-35-25)11-19-13-31(27(29)26(19)30-17)14-22(32)18-8-9-23(36-16-24(33)34)21(12-18)28(2,3)4/h8-9,11-12,25,29H,5-7,10,13-16H2,1-4H3,(H,33,34). The topological polar surface area (TPSA) is 122 Å². The summed E-state index contributed by atoms with van der Waals surface area (Å²) in [4.78, 5) is 30.6. The number of aromatic nitrogens is 1. The number of benzene rings is 1. The number of rotatable bonds is 9. The summed E-state index contributed by atoms with van der Waals surface area (Å²) < 4.78 is 17.0. The van der Waals surface area contributed by atoms with Gasteiger partial charge in [0.1, 0.15) is 17.3 Å². The van der Waals surface area contributed by atoms with Crippen molar-refractivity contribution in [2.75, 3.05) is 19.8 Å². The first-order chi connectivity index (χ1) is 17.5. The van der Waals surface area contributed by atoms with Crippen LogP contribution in [0.2, 0.25) is 0 Å². The number of amidine groups is 1. The van der Waals surface area contributed by atoms with Crippen LogP contribution in [0, 0.1) is 12.3 Å². The zero-order valence-corrected chi connectivity index (χ0v) is 21.9. The van der Waals surface area contributed by atoms with Crippen LogP contribution in [0.3, 0.4) is 0 Å². The van der Waals surface area contributed by atoms with Crippen LogP contribution in [-0.2, 0) is 32.8 Å². The number of carboxylic acids is 1. The minimum absolute atomic E-state index is 0.0366. The molecule has 1 aromatic carbocycles. The van der Waals surface area contributed by atoms with Crippen LogP contribution in [0.1, 0.15) is 78.5 Å². The van der Waals surface area contributed by atoms with Crippen molar-refractivity contribution in [1.29, 1.82) is 5.41 Å². The van der Waals surface area contributed by atoms with E-state index < -0.39 is 12.6 Å².